The summed E-state index contributed by atoms with van der Waals surface area (Å²) in [4.78, 5) is 23.7. The first-order valence-corrected chi connectivity index (χ1v) is 7.35. The molecule has 0 bridgehead atoms. The van der Waals surface area contributed by atoms with Crippen molar-refractivity contribution < 1.29 is 9.21 Å². The second kappa shape index (κ2) is 5.57. The number of aromatic amines is 1. The summed E-state index contributed by atoms with van der Waals surface area (Å²) < 4.78 is 5.63. The number of benzene rings is 2. The fourth-order valence-corrected chi connectivity index (χ4v) is 2.49. The molecule has 23 heavy (non-hydrogen) atoms. The van der Waals surface area contributed by atoms with E-state index in [1.807, 2.05) is 30.3 Å². The maximum absolute atomic E-state index is 12.2. The molecule has 0 atom stereocenters. The molecule has 0 unspecified atom stereocenters. The Hall–Kier alpha value is -3.15. The lowest BCUT2D eigenvalue weighted by molar-refractivity contribution is 0.0954. The fourth-order valence-electron chi connectivity index (χ4n) is 2.49. The van der Waals surface area contributed by atoms with Crippen LogP contribution in [0.4, 0.5) is 0 Å². The van der Waals surface area contributed by atoms with Crippen molar-refractivity contribution in [3.05, 3.63) is 60.2 Å². The molecule has 2 aromatic heterocycles. The van der Waals surface area contributed by atoms with E-state index >= 15 is 0 Å². The molecule has 0 saturated carbocycles. The van der Waals surface area contributed by atoms with E-state index in [0.717, 1.165) is 22.1 Å². The van der Waals surface area contributed by atoms with Gasteiger partial charge in [-0.05, 0) is 30.3 Å². The van der Waals surface area contributed by atoms with Gasteiger partial charge in [0.1, 0.15) is 5.52 Å². The Balaban J connectivity index is 1.40. The van der Waals surface area contributed by atoms with Crippen LogP contribution in [-0.2, 0) is 6.42 Å². The van der Waals surface area contributed by atoms with Crippen LogP contribution in [0.3, 0.4) is 0 Å². The van der Waals surface area contributed by atoms with E-state index in [1.165, 1.54) is 0 Å². The van der Waals surface area contributed by atoms with Crippen molar-refractivity contribution in [3.8, 4) is 0 Å². The van der Waals surface area contributed by atoms with Gasteiger partial charge in [0.25, 0.3) is 5.91 Å². The van der Waals surface area contributed by atoms with Gasteiger partial charge in [-0.2, -0.15) is 0 Å². The van der Waals surface area contributed by atoms with Crippen molar-refractivity contribution in [2.75, 3.05) is 6.54 Å². The summed E-state index contributed by atoms with van der Waals surface area (Å²) >= 11 is 0. The van der Waals surface area contributed by atoms with E-state index in [2.05, 4.69) is 20.3 Å². The SMILES string of the molecule is O=C(NCCc1nc2ccccc2o1)c1ccc2nc[nH]c2c1. The quantitative estimate of drug-likeness (QED) is 0.607. The first kappa shape index (κ1) is 13.5. The first-order chi connectivity index (χ1) is 11.3. The molecule has 0 fully saturated rings. The lowest BCUT2D eigenvalue weighted by atomic mass is 10.2. The third-order valence-electron chi connectivity index (χ3n) is 3.65. The number of hydrogen-bond acceptors (Lipinski definition) is 4. The number of carbonyl (C=O) groups is 1. The summed E-state index contributed by atoms with van der Waals surface area (Å²) in [6, 6.07) is 13.0. The lowest BCUT2D eigenvalue weighted by Crippen LogP contribution is -2.25. The van der Waals surface area contributed by atoms with Crippen LogP contribution in [0.2, 0.25) is 0 Å². The number of para-hydroxylation sites is 2. The highest BCUT2D eigenvalue weighted by Gasteiger charge is 2.09. The van der Waals surface area contributed by atoms with E-state index in [1.54, 1.807) is 18.5 Å². The molecule has 0 aliphatic rings. The Kier molecular flexibility index (Phi) is 3.27. The molecule has 2 heterocycles. The van der Waals surface area contributed by atoms with Crippen molar-refractivity contribution in [2.45, 2.75) is 6.42 Å². The summed E-state index contributed by atoms with van der Waals surface area (Å²) in [5.41, 5.74) is 3.88. The van der Waals surface area contributed by atoms with E-state index in [4.69, 9.17) is 4.42 Å². The van der Waals surface area contributed by atoms with Crippen LogP contribution < -0.4 is 5.32 Å². The number of hydrogen-bond donors (Lipinski definition) is 2. The van der Waals surface area contributed by atoms with Gasteiger partial charge in [0.15, 0.2) is 11.5 Å². The van der Waals surface area contributed by atoms with Crippen molar-refractivity contribution >= 4 is 28.0 Å². The van der Waals surface area contributed by atoms with Crippen LogP contribution in [0.1, 0.15) is 16.2 Å². The standard InChI is InChI=1S/C17H14N4O2/c22-17(11-5-6-12-14(9-11)20-10-19-12)18-8-7-16-21-13-3-1-2-4-15(13)23-16/h1-6,9-10H,7-8H2,(H,18,22)(H,19,20). The molecule has 0 aliphatic carbocycles. The summed E-state index contributed by atoms with van der Waals surface area (Å²) in [7, 11) is 0. The minimum Gasteiger partial charge on any atom is -0.441 e. The molecule has 0 aliphatic heterocycles. The first-order valence-electron chi connectivity index (χ1n) is 7.35. The molecule has 4 aromatic rings. The molecule has 6 heteroatoms. The summed E-state index contributed by atoms with van der Waals surface area (Å²) in [6.07, 6.45) is 2.16. The molecule has 0 saturated heterocycles. The second-order valence-electron chi connectivity index (χ2n) is 5.22. The maximum Gasteiger partial charge on any atom is 0.251 e. The Morgan fingerprint density at radius 3 is 3.00 bits per heavy atom. The van der Waals surface area contributed by atoms with Gasteiger partial charge in [0.2, 0.25) is 0 Å². The number of oxazole rings is 1. The minimum atomic E-state index is -0.127. The predicted molar refractivity (Wildman–Crippen MR) is 86.1 cm³/mol. The average molecular weight is 306 g/mol. The number of aromatic nitrogens is 3. The molecule has 114 valence electrons. The molecule has 0 spiro atoms. The molecular formula is C17H14N4O2. The lowest BCUT2D eigenvalue weighted by Gasteiger charge is -2.03. The monoisotopic (exact) mass is 306 g/mol. The zero-order chi connectivity index (χ0) is 15.6. The number of nitrogens with one attached hydrogen (secondary N) is 2. The van der Waals surface area contributed by atoms with Crippen LogP contribution in [-0.4, -0.2) is 27.4 Å². The topological polar surface area (TPSA) is 83.8 Å². The normalized spacial score (nSPS) is 11.1. The van der Waals surface area contributed by atoms with Gasteiger partial charge >= 0.3 is 0 Å². The number of H-pyrrole nitrogens is 1. The zero-order valence-corrected chi connectivity index (χ0v) is 12.2. The summed E-state index contributed by atoms with van der Waals surface area (Å²) in [6.45, 7) is 0.465. The van der Waals surface area contributed by atoms with Crippen molar-refractivity contribution in [1.82, 2.24) is 20.3 Å². The number of amides is 1. The molecule has 1 amide bonds. The molecule has 2 N–H and O–H groups in total. The highest BCUT2D eigenvalue weighted by molar-refractivity contribution is 5.97. The van der Waals surface area contributed by atoms with Gasteiger partial charge in [0, 0.05) is 18.5 Å². The van der Waals surface area contributed by atoms with Gasteiger partial charge in [-0.25, -0.2) is 9.97 Å². The van der Waals surface area contributed by atoms with Crippen LogP contribution in [0, 0.1) is 0 Å². The highest BCUT2D eigenvalue weighted by atomic mass is 16.3. The average Bonchev–Trinajstić information content (AvgIpc) is 3.19. The number of fused-ring (bicyclic) bond motifs is 2. The Morgan fingerprint density at radius 2 is 2.09 bits per heavy atom. The second-order valence-corrected chi connectivity index (χ2v) is 5.22. The molecular weight excluding hydrogens is 292 g/mol. The number of carbonyl (C=O) groups excluding carboxylic acids is 1. The molecule has 0 radical (unpaired) electrons. The van der Waals surface area contributed by atoms with Gasteiger partial charge < -0.3 is 14.7 Å². The van der Waals surface area contributed by atoms with Crippen LogP contribution in [0.5, 0.6) is 0 Å². The van der Waals surface area contributed by atoms with E-state index < -0.39 is 0 Å². The van der Waals surface area contributed by atoms with Gasteiger partial charge in [0.05, 0.1) is 17.4 Å². The van der Waals surface area contributed by atoms with E-state index in [0.29, 0.717) is 24.4 Å². The largest absolute Gasteiger partial charge is 0.441 e. The van der Waals surface area contributed by atoms with Crippen molar-refractivity contribution in [1.29, 1.82) is 0 Å². The summed E-state index contributed by atoms with van der Waals surface area (Å²) in [5.74, 6) is 0.494. The van der Waals surface area contributed by atoms with Crippen molar-refractivity contribution in [3.63, 3.8) is 0 Å². The third-order valence-corrected chi connectivity index (χ3v) is 3.65. The highest BCUT2D eigenvalue weighted by Crippen LogP contribution is 2.15. The van der Waals surface area contributed by atoms with Crippen LogP contribution >= 0.6 is 0 Å². The van der Waals surface area contributed by atoms with Crippen molar-refractivity contribution in [2.24, 2.45) is 0 Å². The molecule has 4 rings (SSSR count). The molecule has 6 nitrogen and oxygen atoms in total. The number of imidazole rings is 1. The van der Waals surface area contributed by atoms with Gasteiger partial charge in [-0.3, -0.25) is 4.79 Å². The van der Waals surface area contributed by atoms with E-state index in [-0.39, 0.29) is 5.91 Å². The smallest absolute Gasteiger partial charge is 0.251 e. The Morgan fingerprint density at radius 1 is 1.17 bits per heavy atom. The zero-order valence-electron chi connectivity index (χ0n) is 12.2. The fraction of sp³-hybridized carbons (Fsp3) is 0.118. The number of rotatable bonds is 4. The Bertz CT molecular complexity index is 953. The predicted octanol–water partition coefficient (Wildman–Crippen LogP) is 2.68. The molecule has 2 aromatic carbocycles. The maximum atomic E-state index is 12.2. The Labute approximate surface area is 131 Å². The van der Waals surface area contributed by atoms with Crippen LogP contribution in [0.15, 0.2) is 53.2 Å². The van der Waals surface area contributed by atoms with Gasteiger partial charge in [-0.15, -0.1) is 0 Å². The summed E-state index contributed by atoms with van der Waals surface area (Å²) in [5, 5.41) is 2.88. The minimum absolute atomic E-state index is 0.127. The van der Waals surface area contributed by atoms with Gasteiger partial charge in [-0.1, -0.05) is 12.1 Å². The van der Waals surface area contributed by atoms with Crippen LogP contribution in [0.25, 0.3) is 22.1 Å². The third kappa shape index (κ3) is 2.66. The van der Waals surface area contributed by atoms with E-state index in [9.17, 15) is 4.79 Å². The number of nitrogens with zero attached hydrogens (tertiary/aromatic N) is 2.